The number of hydrogen-bond donors (Lipinski definition) is 1. The maximum absolute atomic E-state index is 13.2. The van der Waals surface area contributed by atoms with E-state index in [-0.39, 0.29) is 11.3 Å². The number of anilines is 1. The van der Waals surface area contributed by atoms with Crippen LogP contribution in [0.5, 0.6) is 5.75 Å². The van der Waals surface area contributed by atoms with Crippen LogP contribution in [-0.4, -0.2) is 33.6 Å². The fraction of sp³-hybridized carbons (Fsp3) is 0.280. The van der Waals surface area contributed by atoms with Gasteiger partial charge in [-0.15, -0.1) is 10.2 Å². The molecule has 33 heavy (non-hydrogen) atoms. The zero-order chi connectivity index (χ0) is 23.7. The third kappa shape index (κ3) is 4.26. The van der Waals surface area contributed by atoms with Crippen LogP contribution in [0, 0.1) is 6.92 Å². The number of Topliss-reactive ketones (excluding diaryl/α,β-unsaturated/α-hetero) is 1. The summed E-state index contributed by atoms with van der Waals surface area (Å²) in [5.74, 6) is -0.749. The summed E-state index contributed by atoms with van der Waals surface area (Å²) >= 11 is 1.22. The van der Waals surface area contributed by atoms with Crippen LogP contribution < -0.4 is 9.64 Å². The van der Waals surface area contributed by atoms with Crippen LogP contribution in [0.1, 0.15) is 54.4 Å². The van der Waals surface area contributed by atoms with Gasteiger partial charge in [0.2, 0.25) is 5.13 Å². The molecule has 1 atom stereocenters. The first-order valence-corrected chi connectivity index (χ1v) is 11.6. The summed E-state index contributed by atoms with van der Waals surface area (Å²) in [4.78, 5) is 27.6. The lowest BCUT2D eigenvalue weighted by molar-refractivity contribution is -0.132. The van der Waals surface area contributed by atoms with E-state index in [1.54, 1.807) is 31.2 Å². The van der Waals surface area contributed by atoms with Crippen LogP contribution in [0.15, 0.2) is 54.1 Å². The zero-order valence-electron chi connectivity index (χ0n) is 18.9. The Morgan fingerprint density at radius 1 is 1.09 bits per heavy atom. The molecule has 0 aliphatic carbocycles. The lowest BCUT2D eigenvalue weighted by Crippen LogP contribution is -2.29. The van der Waals surface area contributed by atoms with Gasteiger partial charge in [-0.05, 0) is 55.2 Å². The first-order chi connectivity index (χ1) is 15.8. The van der Waals surface area contributed by atoms with Crippen molar-refractivity contribution < 1.29 is 19.4 Å². The average molecular weight is 464 g/mol. The topological polar surface area (TPSA) is 92.6 Å². The van der Waals surface area contributed by atoms with Crippen molar-refractivity contribution in [3.05, 3.63) is 75.8 Å². The second-order valence-electron chi connectivity index (χ2n) is 8.05. The number of aliphatic hydroxyl groups is 1. The third-order valence-corrected chi connectivity index (χ3v) is 6.36. The van der Waals surface area contributed by atoms with Crippen molar-refractivity contribution in [3.8, 4) is 5.75 Å². The van der Waals surface area contributed by atoms with Crippen molar-refractivity contribution in [2.45, 2.75) is 39.7 Å². The zero-order valence-corrected chi connectivity index (χ0v) is 19.7. The number of aryl methyl sites for hydroxylation is 1. The molecule has 1 aliphatic rings. The normalized spacial score (nSPS) is 17.7. The van der Waals surface area contributed by atoms with E-state index in [1.807, 2.05) is 31.2 Å². The van der Waals surface area contributed by atoms with Gasteiger partial charge in [0.1, 0.15) is 16.5 Å². The predicted molar refractivity (Wildman–Crippen MR) is 128 cm³/mol. The van der Waals surface area contributed by atoms with Gasteiger partial charge in [-0.25, -0.2) is 0 Å². The SMILES string of the molecule is CCOc1ccc(C(O)=C2C(=O)C(=O)N(c3nnc(C)s3)[C@@H]2c2ccc(C(C)C)cc2)cc1. The highest BCUT2D eigenvalue weighted by Crippen LogP contribution is 2.43. The van der Waals surface area contributed by atoms with Crippen molar-refractivity contribution in [1.82, 2.24) is 10.2 Å². The van der Waals surface area contributed by atoms with Crippen LogP contribution >= 0.6 is 11.3 Å². The molecule has 0 unspecified atom stereocenters. The molecular weight excluding hydrogens is 438 g/mol. The minimum absolute atomic E-state index is 0.0225. The van der Waals surface area contributed by atoms with E-state index in [0.29, 0.717) is 39.5 Å². The van der Waals surface area contributed by atoms with E-state index in [9.17, 15) is 14.7 Å². The quantitative estimate of drug-likeness (QED) is 0.314. The fourth-order valence-electron chi connectivity index (χ4n) is 3.82. The van der Waals surface area contributed by atoms with E-state index < -0.39 is 17.7 Å². The highest BCUT2D eigenvalue weighted by molar-refractivity contribution is 7.15. The van der Waals surface area contributed by atoms with E-state index in [1.165, 1.54) is 16.2 Å². The van der Waals surface area contributed by atoms with Crippen molar-refractivity contribution in [2.24, 2.45) is 0 Å². The van der Waals surface area contributed by atoms with Crippen LogP contribution in [0.4, 0.5) is 5.13 Å². The first-order valence-electron chi connectivity index (χ1n) is 10.8. The van der Waals surface area contributed by atoms with Gasteiger partial charge in [0.25, 0.3) is 5.78 Å². The minimum atomic E-state index is -0.815. The molecular formula is C25H25N3O4S. The molecule has 170 valence electrons. The summed E-state index contributed by atoms with van der Waals surface area (Å²) in [7, 11) is 0. The standard InChI is InChI=1S/C25H25N3O4S/c1-5-32-19-12-10-18(11-13-19)22(29)20-21(17-8-6-16(7-9-17)14(2)3)28(24(31)23(20)30)25-27-26-15(4)33-25/h6-14,21,29H,5H2,1-4H3/t21-/m1/s1. The molecule has 1 N–H and O–H groups in total. The van der Waals surface area contributed by atoms with Gasteiger partial charge in [-0.2, -0.15) is 0 Å². The lowest BCUT2D eigenvalue weighted by atomic mass is 9.93. The molecule has 2 heterocycles. The molecule has 7 nitrogen and oxygen atoms in total. The number of ether oxygens (including phenoxy) is 1. The molecule has 1 saturated heterocycles. The van der Waals surface area contributed by atoms with Crippen molar-refractivity contribution in [3.63, 3.8) is 0 Å². The van der Waals surface area contributed by atoms with Crippen LogP contribution in [0.25, 0.3) is 5.76 Å². The molecule has 1 aromatic heterocycles. The van der Waals surface area contributed by atoms with Gasteiger partial charge in [-0.3, -0.25) is 14.5 Å². The van der Waals surface area contributed by atoms with E-state index in [2.05, 4.69) is 24.0 Å². The number of benzene rings is 2. The average Bonchev–Trinajstić information content (AvgIpc) is 3.34. The fourth-order valence-corrected chi connectivity index (χ4v) is 4.54. The molecule has 0 bridgehead atoms. The van der Waals surface area contributed by atoms with Crippen LogP contribution in [0.2, 0.25) is 0 Å². The van der Waals surface area contributed by atoms with Crippen molar-refractivity contribution in [1.29, 1.82) is 0 Å². The Labute approximate surface area is 196 Å². The Bertz CT molecular complexity index is 1210. The van der Waals surface area contributed by atoms with Gasteiger partial charge >= 0.3 is 5.91 Å². The van der Waals surface area contributed by atoms with Crippen LogP contribution in [0.3, 0.4) is 0 Å². The predicted octanol–water partition coefficient (Wildman–Crippen LogP) is 4.99. The van der Waals surface area contributed by atoms with Crippen molar-refractivity contribution >= 4 is 33.9 Å². The monoisotopic (exact) mass is 463 g/mol. The number of aromatic nitrogens is 2. The molecule has 0 saturated carbocycles. The summed E-state index contributed by atoms with van der Waals surface area (Å²) in [5, 5.41) is 20.3. The van der Waals surface area contributed by atoms with Gasteiger partial charge in [0.15, 0.2) is 0 Å². The van der Waals surface area contributed by atoms with Gasteiger partial charge in [-0.1, -0.05) is 49.4 Å². The highest BCUT2D eigenvalue weighted by atomic mass is 32.1. The number of rotatable bonds is 6. The molecule has 1 amide bonds. The van der Waals surface area contributed by atoms with Gasteiger partial charge in [0, 0.05) is 5.56 Å². The lowest BCUT2D eigenvalue weighted by Gasteiger charge is -2.23. The molecule has 4 rings (SSSR count). The number of nitrogens with zero attached hydrogens (tertiary/aromatic N) is 3. The molecule has 1 aliphatic heterocycles. The molecule has 8 heteroatoms. The number of ketones is 1. The second kappa shape index (κ2) is 9.15. The minimum Gasteiger partial charge on any atom is -0.507 e. The van der Waals surface area contributed by atoms with E-state index in [0.717, 1.165) is 5.56 Å². The Kier molecular flexibility index (Phi) is 6.29. The van der Waals surface area contributed by atoms with E-state index in [4.69, 9.17) is 4.74 Å². The Morgan fingerprint density at radius 2 is 1.76 bits per heavy atom. The summed E-state index contributed by atoms with van der Waals surface area (Å²) in [5.41, 5.74) is 2.29. The molecule has 0 spiro atoms. The van der Waals surface area contributed by atoms with Crippen LogP contribution in [-0.2, 0) is 9.59 Å². The third-order valence-electron chi connectivity index (χ3n) is 5.52. The summed E-state index contributed by atoms with van der Waals surface area (Å²) in [6.07, 6.45) is 0. The summed E-state index contributed by atoms with van der Waals surface area (Å²) in [6.45, 7) is 8.37. The molecule has 0 radical (unpaired) electrons. The Hall–Kier alpha value is -3.52. The van der Waals surface area contributed by atoms with Crippen molar-refractivity contribution in [2.75, 3.05) is 11.5 Å². The second-order valence-corrected chi connectivity index (χ2v) is 9.21. The maximum Gasteiger partial charge on any atom is 0.301 e. The number of carbonyl (C=O) groups excluding carboxylic acids is 2. The molecule has 2 aromatic carbocycles. The first kappa shape index (κ1) is 22.7. The smallest absolute Gasteiger partial charge is 0.301 e. The number of aliphatic hydroxyl groups excluding tert-OH is 1. The van der Waals surface area contributed by atoms with Gasteiger partial charge in [0.05, 0.1) is 18.2 Å². The number of carbonyl (C=O) groups is 2. The maximum atomic E-state index is 13.2. The largest absolute Gasteiger partial charge is 0.507 e. The van der Waals surface area contributed by atoms with Gasteiger partial charge < -0.3 is 9.84 Å². The summed E-state index contributed by atoms with van der Waals surface area (Å²) in [6, 6.07) is 13.7. The van der Waals surface area contributed by atoms with E-state index >= 15 is 0 Å². The molecule has 1 fully saturated rings. The number of amides is 1. The number of hydrogen-bond acceptors (Lipinski definition) is 7. The summed E-state index contributed by atoms with van der Waals surface area (Å²) < 4.78 is 5.46. The Balaban J connectivity index is 1.86. The Morgan fingerprint density at radius 3 is 2.30 bits per heavy atom. The highest BCUT2D eigenvalue weighted by Gasteiger charge is 2.48. The molecule has 3 aromatic rings.